The van der Waals surface area contributed by atoms with E-state index < -0.39 is 12.6 Å². The number of H-pyrrole nitrogens is 1. The van der Waals surface area contributed by atoms with E-state index in [0.29, 0.717) is 22.7 Å². The maximum Gasteiger partial charge on any atom is 0.304 e. The van der Waals surface area contributed by atoms with Gasteiger partial charge in [-0.2, -0.15) is 10.2 Å². The van der Waals surface area contributed by atoms with Crippen molar-refractivity contribution in [1.82, 2.24) is 15.1 Å². The van der Waals surface area contributed by atoms with Gasteiger partial charge < -0.3 is 19.4 Å². The Bertz CT molecular complexity index is 1400. The summed E-state index contributed by atoms with van der Waals surface area (Å²) in [6.07, 6.45) is 1.73. The van der Waals surface area contributed by atoms with Crippen LogP contribution in [0.25, 0.3) is 33.7 Å². The van der Waals surface area contributed by atoms with E-state index in [1.807, 2.05) is 24.3 Å². The van der Waals surface area contributed by atoms with Crippen molar-refractivity contribution in [2.45, 2.75) is 25.2 Å². The van der Waals surface area contributed by atoms with Gasteiger partial charge in [0, 0.05) is 33.6 Å². The smallest absolute Gasteiger partial charge is 0.304 e. The van der Waals surface area contributed by atoms with Gasteiger partial charge in [0.1, 0.15) is 19.0 Å². The maximum absolute atomic E-state index is 12.5. The van der Waals surface area contributed by atoms with E-state index in [1.165, 1.54) is 6.07 Å². The minimum atomic E-state index is -0.801. The summed E-state index contributed by atoms with van der Waals surface area (Å²) in [6.45, 7) is -0.753. The SMILES string of the molecule is N#Cc1cc(OCCF)cc(-c2nc(-c3ccc4[nH]c5c(c4c3)CCC5CC(=O)O)no2)c1. The van der Waals surface area contributed by atoms with Crippen molar-refractivity contribution in [3.05, 3.63) is 53.2 Å². The molecule has 0 saturated carbocycles. The minimum absolute atomic E-state index is 0.00801. The molecule has 0 amide bonds. The number of hydrogen-bond acceptors (Lipinski definition) is 6. The maximum atomic E-state index is 12.5. The van der Waals surface area contributed by atoms with Crippen LogP contribution in [0.15, 0.2) is 40.9 Å². The molecular weight excluding hydrogens is 427 g/mol. The Morgan fingerprint density at radius 3 is 2.97 bits per heavy atom. The van der Waals surface area contributed by atoms with E-state index in [4.69, 9.17) is 9.26 Å². The second-order valence-corrected chi connectivity index (χ2v) is 7.93. The number of carboxylic acid groups (broad SMARTS) is 1. The lowest BCUT2D eigenvalue weighted by molar-refractivity contribution is -0.137. The van der Waals surface area contributed by atoms with E-state index in [0.717, 1.165) is 40.6 Å². The number of rotatable bonds is 7. The van der Waals surface area contributed by atoms with Crippen LogP contribution in [0.1, 0.15) is 35.6 Å². The van der Waals surface area contributed by atoms with Crippen molar-refractivity contribution >= 4 is 16.9 Å². The fourth-order valence-electron chi connectivity index (χ4n) is 4.39. The van der Waals surface area contributed by atoms with Crippen LogP contribution in [0.4, 0.5) is 4.39 Å². The summed E-state index contributed by atoms with van der Waals surface area (Å²) in [5.74, 6) is 0.141. The summed E-state index contributed by atoms with van der Waals surface area (Å²) in [7, 11) is 0. The standard InChI is InChI=1S/C24H19FN4O4/c25-5-6-32-17-8-13(12-26)7-16(9-17)24-28-23(29-33-24)15-2-4-20-19(10-15)18-3-1-14(11-21(30)31)22(18)27-20/h2,4,7-10,14,27H,1,3,5-6,11H2,(H,30,31). The number of alkyl halides is 1. The molecule has 2 N–H and O–H groups in total. The van der Waals surface area contributed by atoms with Crippen LogP contribution in [0, 0.1) is 11.3 Å². The molecule has 166 valence electrons. The summed E-state index contributed by atoms with van der Waals surface area (Å²) in [5.41, 5.74) is 4.67. The molecule has 0 aliphatic heterocycles. The number of nitrogens with zero attached hydrogens (tertiary/aromatic N) is 3. The number of carbonyl (C=O) groups is 1. The van der Waals surface area contributed by atoms with Gasteiger partial charge in [0.15, 0.2) is 0 Å². The lowest BCUT2D eigenvalue weighted by Crippen LogP contribution is -2.03. The highest BCUT2D eigenvalue weighted by Crippen LogP contribution is 2.40. The molecule has 1 atom stereocenters. The fraction of sp³-hybridized carbons (Fsp3) is 0.250. The van der Waals surface area contributed by atoms with Gasteiger partial charge in [-0.15, -0.1) is 0 Å². The zero-order chi connectivity index (χ0) is 22.9. The van der Waals surface area contributed by atoms with Gasteiger partial charge >= 0.3 is 5.97 Å². The first kappa shape index (κ1) is 20.7. The molecule has 5 rings (SSSR count). The van der Waals surface area contributed by atoms with Crippen LogP contribution in [-0.4, -0.2) is 39.5 Å². The zero-order valence-corrected chi connectivity index (χ0v) is 17.5. The average molecular weight is 446 g/mol. The van der Waals surface area contributed by atoms with Gasteiger partial charge in [-0.3, -0.25) is 4.79 Å². The number of nitriles is 1. The van der Waals surface area contributed by atoms with Crippen molar-refractivity contribution in [3.8, 4) is 34.7 Å². The topological polar surface area (TPSA) is 125 Å². The normalized spacial score (nSPS) is 14.8. The number of fused-ring (bicyclic) bond motifs is 3. The molecule has 2 heterocycles. The van der Waals surface area contributed by atoms with Gasteiger partial charge in [0.05, 0.1) is 18.1 Å². The Morgan fingerprint density at radius 1 is 1.30 bits per heavy atom. The third kappa shape index (κ3) is 3.91. The Labute approximate surface area is 187 Å². The quantitative estimate of drug-likeness (QED) is 0.425. The summed E-state index contributed by atoms with van der Waals surface area (Å²) in [6, 6.07) is 12.6. The van der Waals surface area contributed by atoms with Gasteiger partial charge in [0.2, 0.25) is 5.82 Å². The third-order valence-electron chi connectivity index (χ3n) is 5.82. The second kappa shape index (κ2) is 8.39. The molecule has 0 fully saturated rings. The Kier molecular flexibility index (Phi) is 5.26. The predicted octanol–water partition coefficient (Wildman–Crippen LogP) is 4.61. The zero-order valence-electron chi connectivity index (χ0n) is 17.5. The van der Waals surface area contributed by atoms with Gasteiger partial charge in [-0.1, -0.05) is 5.16 Å². The number of carboxylic acids is 1. The number of hydrogen-bond donors (Lipinski definition) is 2. The molecule has 8 nitrogen and oxygen atoms in total. The lowest BCUT2D eigenvalue weighted by atomic mass is 10.0. The molecule has 9 heteroatoms. The molecule has 2 aromatic heterocycles. The van der Waals surface area contributed by atoms with E-state index in [9.17, 15) is 19.6 Å². The largest absolute Gasteiger partial charge is 0.491 e. The number of nitrogens with one attached hydrogen (secondary N) is 1. The number of ether oxygens (including phenoxy) is 1. The molecule has 0 saturated heterocycles. The summed E-state index contributed by atoms with van der Waals surface area (Å²) in [4.78, 5) is 19.0. The minimum Gasteiger partial charge on any atom is -0.491 e. The van der Waals surface area contributed by atoms with Crippen LogP contribution < -0.4 is 4.74 Å². The molecule has 1 unspecified atom stereocenters. The molecule has 4 aromatic rings. The van der Waals surface area contributed by atoms with E-state index in [-0.39, 0.29) is 24.8 Å². The number of aryl methyl sites for hydroxylation is 1. The summed E-state index contributed by atoms with van der Waals surface area (Å²) in [5, 5.41) is 23.6. The Hall–Kier alpha value is -4.19. The highest BCUT2D eigenvalue weighted by Gasteiger charge is 2.28. The number of benzene rings is 2. The fourth-order valence-corrected chi connectivity index (χ4v) is 4.39. The molecular formula is C24H19FN4O4. The Balaban J connectivity index is 1.48. The first-order valence-corrected chi connectivity index (χ1v) is 10.5. The van der Waals surface area contributed by atoms with Crippen LogP contribution in [0.2, 0.25) is 0 Å². The van der Waals surface area contributed by atoms with E-state index in [1.54, 1.807) is 12.1 Å². The number of aromatic amines is 1. The van der Waals surface area contributed by atoms with E-state index >= 15 is 0 Å². The third-order valence-corrected chi connectivity index (χ3v) is 5.82. The molecule has 0 bridgehead atoms. The lowest BCUT2D eigenvalue weighted by Gasteiger charge is -2.05. The average Bonchev–Trinajstić information content (AvgIpc) is 3.53. The van der Waals surface area contributed by atoms with Gasteiger partial charge in [-0.05, 0) is 54.8 Å². The van der Waals surface area contributed by atoms with Crippen molar-refractivity contribution in [2.75, 3.05) is 13.3 Å². The van der Waals surface area contributed by atoms with Crippen LogP contribution in [-0.2, 0) is 11.2 Å². The van der Waals surface area contributed by atoms with Crippen molar-refractivity contribution in [1.29, 1.82) is 5.26 Å². The molecule has 1 aliphatic carbocycles. The van der Waals surface area contributed by atoms with Gasteiger partial charge in [0.25, 0.3) is 5.89 Å². The van der Waals surface area contributed by atoms with Gasteiger partial charge in [-0.25, -0.2) is 4.39 Å². The van der Waals surface area contributed by atoms with E-state index in [2.05, 4.69) is 15.1 Å². The van der Waals surface area contributed by atoms with Crippen molar-refractivity contribution < 1.29 is 23.6 Å². The monoisotopic (exact) mass is 446 g/mol. The number of halogens is 1. The second-order valence-electron chi connectivity index (χ2n) is 7.93. The van der Waals surface area contributed by atoms with Crippen molar-refractivity contribution in [2.24, 2.45) is 0 Å². The predicted molar refractivity (Wildman–Crippen MR) is 117 cm³/mol. The van der Waals surface area contributed by atoms with Crippen molar-refractivity contribution in [3.63, 3.8) is 0 Å². The first-order valence-electron chi connectivity index (χ1n) is 10.5. The molecule has 1 aliphatic rings. The highest BCUT2D eigenvalue weighted by molar-refractivity contribution is 5.89. The highest BCUT2D eigenvalue weighted by atomic mass is 19.1. The number of aromatic nitrogens is 3. The van der Waals surface area contributed by atoms with Crippen LogP contribution in [0.5, 0.6) is 5.75 Å². The van der Waals surface area contributed by atoms with Crippen LogP contribution >= 0.6 is 0 Å². The molecule has 0 spiro atoms. The summed E-state index contributed by atoms with van der Waals surface area (Å²) < 4.78 is 23.2. The number of aliphatic carboxylic acids is 1. The molecule has 33 heavy (non-hydrogen) atoms. The van der Waals surface area contributed by atoms with Crippen LogP contribution in [0.3, 0.4) is 0 Å². The summed E-state index contributed by atoms with van der Waals surface area (Å²) >= 11 is 0. The Morgan fingerprint density at radius 2 is 2.18 bits per heavy atom. The first-order chi connectivity index (χ1) is 16.1. The molecule has 0 radical (unpaired) electrons. The molecule has 2 aromatic carbocycles.